The topological polar surface area (TPSA) is 99.2 Å². The van der Waals surface area contributed by atoms with Crippen molar-refractivity contribution in [1.29, 1.82) is 0 Å². The summed E-state index contributed by atoms with van der Waals surface area (Å²) in [5.74, 6) is -2.32. The first-order valence-electron chi connectivity index (χ1n) is 8.52. The van der Waals surface area contributed by atoms with Crippen LogP contribution in [0.2, 0.25) is 0 Å². The van der Waals surface area contributed by atoms with Crippen molar-refractivity contribution < 1.29 is 33.4 Å². The highest BCUT2D eigenvalue weighted by atomic mass is 16.6. The molecule has 1 aliphatic heterocycles. The zero-order chi connectivity index (χ0) is 20.2. The van der Waals surface area contributed by atoms with Crippen LogP contribution in [0.25, 0.3) is 0 Å². The predicted octanol–water partition coefficient (Wildman–Crippen LogP) is 1.82. The first kappa shape index (κ1) is 20.6. The summed E-state index contributed by atoms with van der Waals surface area (Å²) in [5, 5.41) is 0. The van der Waals surface area contributed by atoms with Crippen LogP contribution in [0.4, 0.5) is 0 Å². The lowest BCUT2D eigenvalue weighted by molar-refractivity contribution is -0.158. The average molecular weight is 377 g/mol. The number of rotatable bonds is 7. The van der Waals surface area contributed by atoms with Gasteiger partial charge in [0.25, 0.3) is 11.8 Å². The third-order valence-electron chi connectivity index (χ3n) is 3.68. The molecule has 0 radical (unpaired) electrons. The zero-order valence-electron chi connectivity index (χ0n) is 15.9. The van der Waals surface area contributed by atoms with Crippen molar-refractivity contribution >= 4 is 23.8 Å². The van der Waals surface area contributed by atoms with E-state index in [1.165, 1.54) is 25.3 Å². The van der Waals surface area contributed by atoms with Crippen LogP contribution in [0.15, 0.2) is 18.2 Å². The van der Waals surface area contributed by atoms with Gasteiger partial charge >= 0.3 is 11.9 Å². The molecule has 0 spiro atoms. The van der Waals surface area contributed by atoms with E-state index in [1.807, 2.05) is 0 Å². The Hall–Kier alpha value is -2.74. The molecule has 1 aromatic carbocycles. The van der Waals surface area contributed by atoms with Crippen LogP contribution >= 0.6 is 0 Å². The van der Waals surface area contributed by atoms with E-state index >= 15 is 0 Å². The second-order valence-corrected chi connectivity index (χ2v) is 7.03. The van der Waals surface area contributed by atoms with Crippen molar-refractivity contribution in [2.45, 2.75) is 32.8 Å². The number of imide groups is 1. The molecule has 0 saturated heterocycles. The Morgan fingerprint density at radius 3 is 2.37 bits per heavy atom. The first-order chi connectivity index (χ1) is 12.6. The van der Waals surface area contributed by atoms with E-state index in [1.54, 1.807) is 20.8 Å². The summed E-state index contributed by atoms with van der Waals surface area (Å²) < 4.78 is 14.9. The maximum atomic E-state index is 12.4. The maximum absolute atomic E-state index is 12.4. The van der Waals surface area contributed by atoms with Crippen molar-refractivity contribution in [3.63, 3.8) is 0 Å². The molecule has 146 valence electrons. The molecule has 2 amide bonds. The van der Waals surface area contributed by atoms with Crippen molar-refractivity contribution in [3.05, 3.63) is 34.9 Å². The second-order valence-electron chi connectivity index (χ2n) is 7.03. The molecule has 1 heterocycles. The SMILES string of the molecule is COCCCN1C(=O)c2ccc(C(=O)OCC(=O)OC(C)(C)C)cc2C1=O. The summed E-state index contributed by atoms with van der Waals surface area (Å²) in [7, 11) is 1.54. The number of nitrogens with zero attached hydrogens (tertiary/aromatic N) is 1. The van der Waals surface area contributed by atoms with E-state index in [9.17, 15) is 19.2 Å². The molecule has 2 rings (SSSR count). The van der Waals surface area contributed by atoms with Crippen molar-refractivity contribution in [3.8, 4) is 0 Å². The van der Waals surface area contributed by atoms with E-state index in [2.05, 4.69) is 0 Å². The Kier molecular flexibility index (Phi) is 6.32. The second kappa shape index (κ2) is 8.30. The van der Waals surface area contributed by atoms with E-state index < -0.39 is 36.0 Å². The molecule has 1 aliphatic rings. The van der Waals surface area contributed by atoms with Gasteiger partial charge in [0.1, 0.15) is 5.60 Å². The quantitative estimate of drug-likeness (QED) is 0.406. The molecule has 0 unspecified atom stereocenters. The number of hydrogen-bond acceptors (Lipinski definition) is 7. The molecule has 0 saturated carbocycles. The minimum Gasteiger partial charge on any atom is -0.457 e. The number of amides is 2. The van der Waals surface area contributed by atoms with Gasteiger partial charge in [-0.1, -0.05) is 0 Å². The fraction of sp³-hybridized carbons (Fsp3) is 0.474. The number of ether oxygens (including phenoxy) is 3. The van der Waals surface area contributed by atoms with E-state index in [-0.39, 0.29) is 23.2 Å². The Morgan fingerprint density at radius 1 is 1.07 bits per heavy atom. The average Bonchev–Trinajstić information content (AvgIpc) is 2.82. The minimum atomic E-state index is -0.776. The van der Waals surface area contributed by atoms with Gasteiger partial charge in [0.05, 0.1) is 16.7 Å². The molecule has 0 bridgehead atoms. The van der Waals surface area contributed by atoms with E-state index in [4.69, 9.17) is 14.2 Å². The molecule has 0 aromatic heterocycles. The Balaban J connectivity index is 2.04. The summed E-state index contributed by atoms with van der Waals surface area (Å²) in [6.45, 7) is 5.23. The molecular weight excluding hydrogens is 354 g/mol. The van der Waals surface area contributed by atoms with E-state index in [0.717, 1.165) is 4.90 Å². The first-order valence-corrected chi connectivity index (χ1v) is 8.52. The van der Waals surface area contributed by atoms with Crippen LogP contribution in [0.1, 0.15) is 58.3 Å². The standard InChI is InChI=1S/C19H23NO7/c1-19(2,3)27-15(21)11-26-18(24)12-6-7-13-14(10-12)17(23)20(16(13)22)8-5-9-25-4/h6-7,10H,5,8-9,11H2,1-4H3. The number of carbonyl (C=O) groups is 4. The van der Waals surface area contributed by atoms with E-state index in [0.29, 0.717) is 13.0 Å². The molecule has 0 aliphatic carbocycles. The summed E-state index contributed by atoms with van der Waals surface area (Å²) in [6.07, 6.45) is 0.521. The monoisotopic (exact) mass is 377 g/mol. The lowest BCUT2D eigenvalue weighted by Crippen LogP contribution is -2.31. The highest BCUT2D eigenvalue weighted by molar-refractivity contribution is 6.21. The molecular formula is C19H23NO7. The predicted molar refractivity (Wildman–Crippen MR) is 94.4 cm³/mol. The molecule has 0 N–H and O–H groups in total. The Labute approximate surface area is 157 Å². The Bertz CT molecular complexity index is 764. The molecule has 8 nitrogen and oxygen atoms in total. The summed E-state index contributed by atoms with van der Waals surface area (Å²) in [5.41, 5.74) is -0.224. The van der Waals surface area contributed by atoms with Gasteiger partial charge in [-0.3, -0.25) is 14.5 Å². The molecule has 0 fully saturated rings. The molecule has 0 atom stereocenters. The van der Waals surface area contributed by atoms with Gasteiger partial charge in [-0.25, -0.2) is 9.59 Å². The summed E-state index contributed by atoms with van der Waals surface area (Å²) in [6, 6.07) is 4.11. The maximum Gasteiger partial charge on any atom is 0.344 e. The summed E-state index contributed by atoms with van der Waals surface area (Å²) in [4.78, 5) is 49.6. The zero-order valence-corrected chi connectivity index (χ0v) is 15.9. The molecule has 8 heteroatoms. The minimum absolute atomic E-state index is 0.0807. The lowest BCUT2D eigenvalue weighted by Gasteiger charge is -2.19. The highest BCUT2D eigenvalue weighted by Gasteiger charge is 2.35. The molecule has 1 aromatic rings. The van der Waals surface area contributed by atoms with Gasteiger partial charge in [-0.05, 0) is 45.4 Å². The van der Waals surface area contributed by atoms with Gasteiger partial charge < -0.3 is 14.2 Å². The van der Waals surface area contributed by atoms with Gasteiger partial charge in [0.2, 0.25) is 0 Å². The van der Waals surface area contributed by atoms with Crippen LogP contribution in [0.5, 0.6) is 0 Å². The van der Waals surface area contributed by atoms with Gasteiger partial charge in [0, 0.05) is 20.3 Å². The third kappa shape index (κ3) is 5.13. The highest BCUT2D eigenvalue weighted by Crippen LogP contribution is 2.24. The fourth-order valence-corrected chi connectivity index (χ4v) is 2.57. The molecule has 27 heavy (non-hydrogen) atoms. The number of carbonyl (C=O) groups excluding carboxylic acids is 4. The van der Waals surface area contributed by atoms with Crippen molar-refractivity contribution in [1.82, 2.24) is 4.90 Å². The van der Waals surface area contributed by atoms with Crippen LogP contribution in [0.3, 0.4) is 0 Å². The normalized spacial score (nSPS) is 13.6. The van der Waals surface area contributed by atoms with Crippen molar-refractivity contribution in [2.75, 3.05) is 26.9 Å². The fourth-order valence-electron chi connectivity index (χ4n) is 2.57. The van der Waals surface area contributed by atoms with Gasteiger partial charge in [-0.15, -0.1) is 0 Å². The number of methoxy groups -OCH3 is 1. The van der Waals surface area contributed by atoms with Crippen LogP contribution in [-0.4, -0.2) is 61.1 Å². The number of hydrogen-bond donors (Lipinski definition) is 0. The van der Waals surface area contributed by atoms with Gasteiger partial charge in [0.15, 0.2) is 6.61 Å². The van der Waals surface area contributed by atoms with Crippen LogP contribution < -0.4 is 0 Å². The smallest absolute Gasteiger partial charge is 0.344 e. The van der Waals surface area contributed by atoms with Crippen LogP contribution in [-0.2, 0) is 19.0 Å². The largest absolute Gasteiger partial charge is 0.457 e. The number of fused-ring (bicyclic) bond motifs is 1. The number of esters is 2. The van der Waals surface area contributed by atoms with Crippen molar-refractivity contribution in [2.24, 2.45) is 0 Å². The summed E-state index contributed by atoms with van der Waals surface area (Å²) >= 11 is 0. The van der Waals surface area contributed by atoms with Crippen LogP contribution in [0, 0.1) is 0 Å². The third-order valence-corrected chi connectivity index (χ3v) is 3.68. The lowest BCUT2D eigenvalue weighted by atomic mass is 10.1. The Morgan fingerprint density at radius 2 is 1.74 bits per heavy atom. The number of benzene rings is 1. The van der Waals surface area contributed by atoms with Gasteiger partial charge in [-0.2, -0.15) is 0 Å².